The van der Waals surface area contributed by atoms with Crippen molar-refractivity contribution in [2.24, 2.45) is 0 Å². The average Bonchev–Trinajstić information content (AvgIpc) is 1.98. The lowest BCUT2D eigenvalue weighted by Crippen LogP contribution is -2.28. The topological polar surface area (TPSA) is 9.23 Å². The maximum atomic E-state index is 12.1. The Labute approximate surface area is 68.0 Å². The maximum absolute atomic E-state index is 12.1. The highest BCUT2D eigenvalue weighted by molar-refractivity contribution is 4.69. The Morgan fingerprint density at radius 2 is 2.00 bits per heavy atom. The predicted octanol–water partition coefficient (Wildman–Crippen LogP) is 2.48. The summed E-state index contributed by atoms with van der Waals surface area (Å²) in [6.07, 6.45) is -3.22. The van der Waals surface area contributed by atoms with Gasteiger partial charge in [0.2, 0.25) is 0 Å². The molecule has 0 amide bonds. The minimum atomic E-state index is -3.94. The molecule has 0 aromatic heterocycles. The maximum Gasteiger partial charge on any atom is 0.309 e. The van der Waals surface area contributed by atoms with Crippen LogP contribution in [0.2, 0.25) is 0 Å². The van der Waals surface area contributed by atoms with Gasteiger partial charge in [-0.1, -0.05) is 6.08 Å². The van der Waals surface area contributed by atoms with E-state index in [2.05, 4.69) is 11.3 Å². The Balaban J connectivity index is 3.54. The third-order valence-corrected chi connectivity index (χ3v) is 1.13. The van der Waals surface area contributed by atoms with E-state index in [1.165, 1.54) is 6.08 Å². The predicted molar refractivity (Wildman–Crippen MR) is 36.6 cm³/mol. The van der Waals surface area contributed by atoms with Crippen LogP contribution in [0.5, 0.6) is 0 Å². The Morgan fingerprint density at radius 1 is 1.42 bits per heavy atom. The summed E-state index contributed by atoms with van der Waals surface area (Å²) >= 11 is 0. The molecule has 5 heteroatoms. The third kappa shape index (κ3) is 4.33. The van der Waals surface area contributed by atoms with E-state index in [4.69, 9.17) is 0 Å². The first-order valence-electron chi connectivity index (χ1n) is 3.35. The number of hydrogen-bond donors (Lipinski definition) is 0. The van der Waals surface area contributed by atoms with E-state index in [0.717, 1.165) is 0 Å². The van der Waals surface area contributed by atoms with Gasteiger partial charge in [-0.15, -0.1) is 6.58 Å². The first-order valence-corrected chi connectivity index (χ1v) is 3.35. The van der Waals surface area contributed by atoms with Gasteiger partial charge in [-0.05, 0) is 0 Å². The minimum Gasteiger partial charge on any atom is -0.377 e. The van der Waals surface area contributed by atoms with E-state index < -0.39 is 18.8 Å². The molecule has 0 fully saturated rings. The Bertz CT molecular complexity index is 135. The SMILES string of the molecule is C=CCOCCC(F)(F)C(F)F. The molecule has 0 spiro atoms. The van der Waals surface area contributed by atoms with Gasteiger partial charge in [0.05, 0.1) is 13.2 Å². The van der Waals surface area contributed by atoms with Crippen molar-refractivity contribution in [3.05, 3.63) is 12.7 Å². The molecule has 0 aliphatic carbocycles. The fourth-order valence-electron chi connectivity index (χ4n) is 0.484. The van der Waals surface area contributed by atoms with Crippen molar-refractivity contribution in [1.82, 2.24) is 0 Å². The zero-order valence-corrected chi connectivity index (χ0v) is 6.40. The highest BCUT2D eigenvalue weighted by atomic mass is 19.3. The highest BCUT2D eigenvalue weighted by Crippen LogP contribution is 2.26. The van der Waals surface area contributed by atoms with Crippen molar-refractivity contribution in [2.75, 3.05) is 13.2 Å². The molecule has 0 aliphatic heterocycles. The molecule has 0 heterocycles. The number of hydrogen-bond acceptors (Lipinski definition) is 1. The Hall–Kier alpha value is -0.580. The van der Waals surface area contributed by atoms with Gasteiger partial charge in [0, 0.05) is 6.42 Å². The van der Waals surface area contributed by atoms with Gasteiger partial charge in [0.15, 0.2) is 0 Å². The molecule has 0 saturated carbocycles. The molecule has 0 N–H and O–H groups in total. The molecule has 0 aromatic carbocycles. The minimum absolute atomic E-state index is 0.0965. The summed E-state index contributed by atoms with van der Waals surface area (Å²) in [5.74, 6) is -3.94. The normalized spacial score (nSPS) is 12.1. The van der Waals surface area contributed by atoms with Crippen molar-refractivity contribution in [3.63, 3.8) is 0 Å². The van der Waals surface area contributed by atoms with Crippen LogP contribution >= 0.6 is 0 Å². The van der Waals surface area contributed by atoms with Crippen LogP contribution in [0.25, 0.3) is 0 Å². The lowest BCUT2D eigenvalue weighted by atomic mass is 10.2. The second-order valence-electron chi connectivity index (χ2n) is 2.18. The van der Waals surface area contributed by atoms with Gasteiger partial charge in [-0.2, -0.15) is 0 Å². The molecule has 12 heavy (non-hydrogen) atoms. The zero-order valence-electron chi connectivity index (χ0n) is 6.40. The summed E-state index contributed by atoms with van der Waals surface area (Å²) in [5, 5.41) is 0. The number of halogens is 4. The van der Waals surface area contributed by atoms with E-state index in [-0.39, 0.29) is 13.2 Å². The summed E-state index contributed by atoms with van der Waals surface area (Å²) < 4.78 is 51.8. The van der Waals surface area contributed by atoms with Crippen molar-refractivity contribution in [1.29, 1.82) is 0 Å². The summed E-state index contributed by atoms with van der Waals surface area (Å²) in [7, 11) is 0. The van der Waals surface area contributed by atoms with Crippen LogP contribution in [0, 0.1) is 0 Å². The molecule has 1 nitrogen and oxygen atoms in total. The first kappa shape index (κ1) is 11.4. The lowest BCUT2D eigenvalue weighted by Gasteiger charge is -2.14. The molecule has 0 aliphatic rings. The Morgan fingerprint density at radius 3 is 2.42 bits per heavy atom. The van der Waals surface area contributed by atoms with Crippen LogP contribution in [0.15, 0.2) is 12.7 Å². The fraction of sp³-hybridized carbons (Fsp3) is 0.714. The van der Waals surface area contributed by atoms with Gasteiger partial charge >= 0.3 is 12.3 Å². The highest BCUT2D eigenvalue weighted by Gasteiger charge is 2.39. The number of ether oxygens (including phenoxy) is 1. The van der Waals surface area contributed by atoms with E-state index in [1.807, 2.05) is 0 Å². The van der Waals surface area contributed by atoms with Crippen LogP contribution in [0.3, 0.4) is 0 Å². The number of alkyl halides is 4. The smallest absolute Gasteiger partial charge is 0.309 e. The third-order valence-electron chi connectivity index (χ3n) is 1.13. The van der Waals surface area contributed by atoms with Crippen molar-refractivity contribution >= 4 is 0 Å². The molecule has 0 saturated heterocycles. The van der Waals surface area contributed by atoms with Gasteiger partial charge in [-0.25, -0.2) is 17.6 Å². The van der Waals surface area contributed by atoms with Crippen molar-refractivity contribution in [3.8, 4) is 0 Å². The second-order valence-corrected chi connectivity index (χ2v) is 2.18. The van der Waals surface area contributed by atoms with Gasteiger partial charge < -0.3 is 4.74 Å². The summed E-state index contributed by atoms with van der Waals surface area (Å²) in [6, 6.07) is 0. The van der Waals surface area contributed by atoms with Gasteiger partial charge in [0.25, 0.3) is 0 Å². The molecule has 0 atom stereocenters. The van der Waals surface area contributed by atoms with Crippen molar-refractivity contribution < 1.29 is 22.3 Å². The summed E-state index contributed by atoms with van der Waals surface area (Å²) in [6.45, 7) is 2.98. The molecular weight excluding hydrogens is 176 g/mol. The van der Waals surface area contributed by atoms with E-state index >= 15 is 0 Å². The summed E-state index contributed by atoms with van der Waals surface area (Å²) in [4.78, 5) is 0. The van der Waals surface area contributed by atoms with Crippen LogP contribution < -0.4 is 0 Å². The first-order chi connectivity index (χ1) is 5.50. The standard InChI is InChI=1S/C7H10F4O/c1-2-4-12-5-3-7(10,11)6(8)9/h2,6H,1,3-5H2. The van der Waals surface area contributed by atoms with Crippen LogP contribution in [-0.2, 0) is 4.74 Å². The molecule has 0 bridgehead atoms. The molecule has 0 rings (SSSR count). The second kappa shape index (κ2) is 5.13. The van der Waals surface area contributed by atoms with Crippen LogP contribution in [-0.4, -0.2) is 25.6 Å². The largest absolute Gasteiger partial charge is 0.377 e. The average molecular weight is 186 g/mol. The molecule has 0 radical (unpaired) electrons. The molecule has 0 aromatic rings. The monoisotopic (exact) mass is 186 g/mol. The molecule has 72 valence electrons. The van der Waals surface area contributed by atoms with E-state index in [0.29, 0.717) is 0 Å². The fourth-order valence-corrected chi connectivity index (χ4v) is 0.484. The quantitative estimate of drug-likeness (QED) is 0.352. The number of rotatable bonds is 6. The van der Waals surface area contributed by atoms with E-state index in [1.54, 1.807) is 0 Å². The van der Waals surface area contributed by atoms with Crippen molar-refractivity contribution in [2.45, 2.75) is 18.8 Å². The molecular formula is C7H10F4O. The van der Waals surface area contributed by atoms with Crippen LogP contribution in [0.1, 0.15) is 6.42 Å². The zero-order chi connectivity index (χ0) is 9.61. The lowest BCUT2D eigenvalue weighted by molar-refractivity contribution is -0.140. The van der Waals surface area contributed by atoms with Gasteiger partial charge in [-0.3, -0.25) is 0 Å². The molecule has 0 unspecified atom stereocenters. The Kier molecular flexibility index (Phi) is 4.89. The van der Waals surface area contributed by atoms with Gasteiger partial charge in [0.1, 0.15) is 0 Å². The van der Waals surface area contributed by atoms with E-state index in [9.17, 15) is 17.6 Å². The summed E-state index contributed by atoms with van der Waals surface area (Å²) in [5.41, 5.74) is 0. The van der Waals surface area contributed by atoms with Crippen LogP contribution in [0.4, 0.5) is 17.6 Å².